The number of hydrogen-bond acceptors (Lipinski definition) is 5. The molecular weight excluding hydrogens is 272 g/mol. The van der Waals surface area contributed by atoms with Crippen molar-refractivity contribution >= 4 is 5.97 Å². The van der Waals surface area contributed by atoms with Gasteiger partial charge in [0, 0.05) is 12.5 Å². The lowest BCUT2D eigenvalue weighted by Crippen LogP contribution is -2.21. The number of hydrogen-bond donors (Lipinski definition) is 0. The highest BCUT2D eigenvalue weighted by Gasteiger charge is 2.22. The van der Waals surface area contributed by atoms with Crippen LogP contribution in [0.4, 0.5) is 0 Å². The molecule has 0 aliphatic carbocycles. The molecule has 1 aromatic heterocycles. The number of aryl methyl sites for hydroxylation is 1. The quantitative estimate of drug-likeness (QED) is 0.615. The largest absolute Gasteiger partial charge is 0.469 e. The van der Waals surface area contributed by atoms with Crippen LogP contribution in [-0.4, -0.2) is 22.8 Å². The van der Waals surface area contributed by atoms with Crippen LogP contribution < -0.4 is 5.76 Å². The van der Waals surface area contributed by atoms with Crippen LogP contribution in [-0.2, 0) is 16.0 Å². The summed E-state index contributed by atoms with van der Waals surface area (Å²) < 4.78 is 11.1. The van der Waals surface area contributed by atoms with Gasteiger partial charge in [0.05, 0.1) is 13.0 Å². The standard InChI is InChI=1S/C15H22N2O4/c1-11(14(18)20-2)7-3-4-8-12-9-5-6-10-13-16-21-15(19)17(12)13/h3-4,11-12H,5-10H2,1-2H3/b4-3-/t11-,12?/m0/s1. The summed E-state index contributed by atoms with van der Waals surface area (Å²) >= 11 is 0. The van der Waals surface area contributed by atoms with Crippen LogP contribution in [0.15, 0.2) is 21.5 Å². The average molecular weight is 294 g/mol. The number of allylic oxidation sites excluding steroid dienone is 2. The summed E-state index contributed by atoms with van der Waals surface area (Å²) in [4.78, 5) is 23.0. The summed E-state index contributed by atoms with van der Waals surface area (Å²) in [6.45, 7) is 1.84. The van der Waals surface area contributed by atoms with Crippen LogP contribution in [0.5, 0.6) is 0 Å². The molecule has 21 heavy (non-hydrogen) atoms. The van der Waals surface area contributed by atoms with Gasteiger partial charge in [0.1, 0.15) is 0 Å². The predicted octanol–water partition coefficient (Wildman–Crippen LogP) is 2.25. The van der Waals surface area contributed by atoms with Gasteiger partial charge in [0.2, 0.25) is 0 Å². The highest BCUT2D eigenvalue weighted by atomic mass is 16.5. The van der Waals surface area contributed by atoms with Crippen molar-refractivity contribution in [3.8, 4) is 0 Å². The third kappa shape index (κ3) is 3.83. The third-order valence-electron chi connectivity index (χ3n) is 3.92. The van der Waals surface area contributed by atoms with Gasteiger partial charge in [-0.15, -0.1) is 0 Å². The molecule has 1 aromatic rings. The van der Waals surface area contributed by atoms with E-state index in [1.165, 1.54) is 7.11 Å². The first kappa shape index (κ1) is 15.5. The highest BCUT2D eigenvalue weighted by molar-refractivity contribution is 5.71. The first-order chi connectivity index (χ1) is 10.1. The van der Waals surface area contributed by atoms with Gasteiger partial charge in [-0.3, -0.25) is 13.9 Å². The fourth-order valence-electron chi connectivity index (χ4n) is 2.68. The van der Waals surface area contributed by atoms with Crippen molar-refractivity contribution in [3.63, 3.8) is 0 Å². The number of carbonyl (C=O) groups excluding carboxylic acids is 1. The zero-order chi connectivity index (χ0) is 15.2. The topological polar surface area (TPSA) is 74.3 Å². The van der Waals surface area contributed by atoms with E-state index in [9.17, 15) is 9.59 Å². The number of methoxy groups -OCH3 is 1. The Morgan fingerprint density at radius 1 is 1.52 bits per heavy atom. The summed E-state index contributed by atoms with van der Waals surface area (Å²) in [7, 11) is 1.40. The van der Waals surface area contributed by atoms with Crippen molar-refractivity contribution in [1.82, 2.24) is 9.72 Å². The lowest BCUT2D eigenvalue weighted by Gasteiger charge is -2.13. The van der Waals surface area contributed by atoms with Gasteiger partial charge in [0.25, 0.3) is 0 Å². The lowest BCUT2D eigenvalue weighted by atomic mass is 10.0. The van der Waals surface area contributed by atoms with Gasteiger partial charge in [0.15, 0.2) is 5.82 Å². The molecule has 1 unspecified atom stereocenters. The molecule has 2 heterocycles. The Morgan fingerprint density at radius 3 is 3.10 bits per heavy atom. The Labute approximate surface area is 123 Å². The van der Waals surface area contributed by atoms with Gasteiger partial charge in [-0.05, 0) is 25.7 Å². The molecule has 0 radical (unpaired) electrons. The summed E-state index contributed by atoms with van der Waals surface area (Å²) in [6.07, 6.45) is 9.26. The molecule has 0 bridgehead atoms. The number of esters is 1. The maximum absolute atomic E-state index is 11.7. The van der Waals surface area contributed by atoms with Gasteiger partial charge in [-0.25, -0.2) is 4.79 Å². The Bertz CT molecular complexity index is 558. The molecule has 0 amide bonds. The molecule has 0 N–H and O–H groups in total. The second-order valence-electron chi connectivity index (χ2n) is 5.50. The fourth-order valence-corrected chi connectivity index (χ4v) is 2.68. The van der Waals surface area contributed by atoms with E-state index in [4.69, 9.17) is 4.52 Å². The van der Waals surface area contributed by atoms with Crippen LogP contribution in [0.2, 0.25) is 0 Å². The molecule has 0 spiro atoms. The molecular formula is C15H22N2O4. The van der Waals surface area contributed by atoms with E-state index >= 15 is 0 Å². The predicted molar refractivity (Wildman–Crippen MR) is 76.9 cm³/mol. The molecule has 0 saturated heterocycles. The summed E-state index contributed by atoms with van der Waals surface area (Å²) in [6, 6.07) is 0.103. The minimum atomic E-state index is -0.367. The average Bonchev–Trinajstić information content (AvgIpc) is 2.73. The third-order valence-corrected chi connectivity index (χ3v) is 3.92. The highest BCUT2D eigenvalue weighted by Crippen LogP contribution is 2.24. The lowest BCUT2D eigenvalue weighted by molar-refractivity contribution is -0.144. The van der Waals surface area contributed by atoms with Crippen molar-refractivity contribution < 1.29 is 14.1 Å². The normalized spacial score (nSPS) is 20.0. The van der Waals surface area contributed by atoms with E-state index in [0.717, 1.165) is 37.9 Å². The van der Waals surface area contributed by atoms with Crippen LogP contribution in [0.3, 0.4) is 0 Å². The monoisotopic (exact) mass is 294 g/mol. The summed E-state index contributed by atoms with van der Waals surface area (Å²) in [5, 5.41) is 3.85. The van der Waals surface area contributed by atoms with Crippen molar-refractivity contribution in [2.75, 3.05) is 7.11 Å². The molecule has 0 aromatic carbocycles. The Morgan fingerprint density at radius 2 is 2.33 bits per heavy atom. The molecule has 6 nitrogen and oxygen atoms in total. The Kier molecular flexibility index (Phi) is 5.36. The van der Waals surface area contributed by atoms with Gasteiger partial charge < -0.3 is 4.74 Å². The second kappa shape index (κ2) is 7.24. The fraction of sp³-hybridized carbons (Fsp3) is 0.667. The van der Waals surface area contributed by atoms with Gasteiger partial charge >= 0.3 is 11.7 Å². The molecule has 2 rings (SSSR count). The maximum atomic E-state index is 11.7. The van der Waals surface area contributed by atoms with E-state index in [1.807, 2.05) is 19.1 Å². The van der Waals surface area contributed by atoms with E-state index in [0.29, 0.717) is 6.42 Å². The second-order valence-corrected chi connectivity index (χ2v) is 5.50. The molecule has 2 atom stereocenters. The molecule has 1 aliphatic heterocycles. The zero-order valence-corrected chi connectivity index (χ0v) is 12.6. The maximum Gasteiger partial charge on any atom is 0.441 e. The first-order valence-corrected chi connectivity index (χ1v) is 7.43. The van der Waals surface area contributed by atoms with Crippen molar-refractivity contribution in [2.24, 2.45) is 5.92 Å². The molecule has 0 saturated carbocycles. The van der Waals surface area contributed by atoms with Crippen LogP contribution in [0, 0.1) is 5.92 Å². The molecule has 1 aliphatic rings. The summed E-state index contributed by atoms with van der Waals surface area (Å²) in [5.41, 5.74) is 0. The van der Waals surface area contributed by atoms with E-state index in [2.05, 4.69) is 9.89 Å². The number of fused-ring (bicyclic) bond motifs is 1. The Hall–Kier alpha value is -1.85. The van der Waals surface area contributed by atoms with E-state index < -0.39 is 0 Å². The van der Waals surface area contributed by atoms with Crippen molar-refractivity contribution in [1.29, 1.82) is 0 Å². The molecule has 116 valence electrons. The van der Waals surface area contributed by atoms with Crippen molar-refractivity contribution in [3.05, 3.63) is 28.5 Å². The van der Waals surface area contributed by atoms with Crippen molar-refractivity contribution in [2.45, 2.75) is 51.5 Å². The van der Waals surface area contributed by atoms with Crippen LogP contribution in [0.1, 0.15) is 50.9 Å². The first-order valence-electron chi connectivity index (χ1n) is 7.43. The SMILES string of the molecule is COC(=O)[C@@H](C)C/C=C\CC1CCCCc2noc(=O)n21. The number of aromatic nitrogens is 2. The number of nitrogens with zero attached hydrogens (tertiary/aromatic N) is 2. The van der Waals surface area contributed by atoms with Gasteiger partial charge in [-0.2, -0.15) is 0 Å². The van der Waals surface area contributed by atoms with E-state index in [1.54, 1.807) is 4.57 Å². The number of carbonyl (C=O) groups is 1. The Balaban J connectivity index is 1.95. The van der Waals surface area contributed by atoms with Crippen LogP contribution >= 0.6 is 0 Å². The molecule has 6 heteroatoms. The minimum absolute atomic E-state index is 0.103. The number of rotatable bonds is 5. The van der Waals surface area contributed by atoms with E-state index in [-0.39, 0.29) is 23.7 Å². The number of ether oxygens (including phenoxy) is 1. The van der Waals surface area contributed by atoms with Crippen LogP contribution in [0.25, 0.3) is 0 Å². The summed E-state index contributed by atoms with van der Waals surface area (Å²) in [5.74, 6) is 0.0352. The minimum Gasteiger partial charge on any atom is -0.469 e. The zero-order valence-electron chi connectivity index (χ0n) is 12.6. The smallest absolute Gasteiger partial charge is 0.441 e. The van der Waals surface area contributed by atoms with Gasteiger partial charge in [-0.1, -0.05) is 30.7 Å². The molecule has 0 fully saturated rings.